The van der Waals surface area contributed by atoms with Crippen molar-refractivity contribution < 1.29 is 17.6 Å². The summed E-state index contributed by atoms with van der Waals surface area (Å²) in [5.41, 5.74) is 1.52. The van der Waals surface area contributed by atoms with Crippen molar-refractivity contribution in [3.63, 3.8) is 0 Å². The Morgan fingerprint density at radius 1 is 1.13 bits per heavy atom. The predicted molar refractivity (Wildman–Crippen MR) is 87.2 cm³/mol. The monoisotopic (exact) mass is 336 g/mol. The largest absolute Gasteiger partial charge is 0.346 e. The van der Waals surface area contributed by atoms with Crippen LogP contribution in [0.25, 0.3) is 0 Å². The van der Waals surface area contributed by atoms with Gasteiger partial charge in [0, 0.05) is 11.3 Å². The van der Waals surface area contributed by atoms with E-state index in [1.807, 2.05) is 0 Å². The van der Waals surface area contributed by atoms with Crippen LogP contribution in [0.1, 0.15) is 28.9 Å². The van der Waals surface area contributed by atoms with Gasteiger partial charge < -0.3 is 5.32 Å². The van der Waals surface area contributed by atoms with Crippen molar-refractivity contribution in [2.24, 2.45) is 0 Å². The third-order valence-corrected chi connectivity index (χ3v) is 3.75. The van der Waals surface area contributed by atoms with Gasteiger partial charge in [0.25, 0.3) is 5.91 Å². The second-order valence-electron chi connectivity index (χ2n) is 5.20. The van der Waals surface area contributed by atoms with Crippen LogP contribution in [0.3, 0.4) is 0 Å². The summed E-state index contributed by atoms with van der Waals surface area (Å²) in [4.78, 5) is 12.1. The Morgan fingerprint density at radius 2 is 1.78 bits per heavy atom. The molecule has 5 nitrogen and oxygen atoms in total. The summed E-state index contributed by atoms with van der Waals surface area (Å²) in [6.07, 6.45) is 1.07. The number of benzene rings is 2. The highest BCUT2D eigenvalue weighted by Crippen LogP contribution is 2.18. The minimum absolute atomic E-state index is 0.334. The Hall–Kier alpha value is -2.41. The summed E-state index contributed by atoms with van der Waals surface area (Å²) in [5.74, 6) is -0.742. The third kappa shape index (κ3) is 5.07. The molecule has 0 bridgehead atoms. The first kappa shape index (κ1) is 17.0. The average Bonchev–Trinajstić information content (AvgIpc) is 2.46. The molecule has 2 rings (SSSR count). The Kier molecular flexibility index (Phi) is 5.00. The van der Waals surface area contributed by atoms with Crippen molar-refractivity contribution in [2.75, 3.05) is 11.0 Å². The van der Waals surface area contributed by atoms with Crippen LogP contribution in [0.15, 0.2) is 48.5 Å². The third-order valence-electron chi connectivity index (χ3n) is 3.14. The maximum Gasteiger partial charge on any atom is 0.251 e. The summed E-state index contributed by atoms with van der Waals surface area (Å²) < 4.78 is 37.8. The molecule has 0 aliphatic carbocycles. The molecule has 0 aliphatic rings. The zero-order chi connectivity index (χ0) is 17.0. The number of rotatable bonds is 5. The lowest BCUT2D eigenvalue weighted by Crippen LogP contribution is -2.26. The number of halogens is 1. The van der Waals surface area contributed by atoms with Gasteiger partial charge in [-0.25, -0.2) is 12.8 Å². The number of carbonyl (C=O) groups excluding carboxylic acids is 1. The van der Waals surface area contributed by atoms with Gasteiger partial charge in [-0.05, 0) is 48.9 Å². The molecule has 2 aromatic carbocycles. The number of hydrogen-bond donors (Lipinski definition) is 2. The first-order chi connectivity index (χ1) is 10.7. The van der Waals surface area contributed by atoms with Crippen LogP contribution in [0, 0.1) is 5.82 Å². The molecule has 2 N–H and O–H groups in total. The molecule has 0 unspecified atom stereocenters. The van der Waals surface area contributed by atoms with E-state index >= 15 is 0 Å². The first-order valence-corrected chi connectivity index (χ1v) is 8.78. The van der Waals surface area contributed by atoms with Crippen molar-refractivity contribution in [2.45, 2.75) is 13.0 Å². The van der Waals surface area contributed by atoms with Crippen LogP contribution in [0.2, 0.25) is 0 Å². The molecule has 0 fully saturated rings. The van der Waals surface area contributed by atoms with Crippen LogP contribution < -0.4 is 10.0 Å². The van der Waals surface area contributed by atoms with Gasteiger partial charge in [-0.3, -0.25) is 9.52 Å². The summed E-state index contributed by atoms with van der Waals surface area (Å²) in [7, 11) is -3.36. The minimum Gasteiger partial charge on any atom is -0.346 e. The van der Waals surface area contributed by atoms with Crippen molar-refractivity contribution in [3.05, 3.63) is 65.5 Å². The van der Waals surface area contributed by atoms with Crippen LogP contribution >= 0.6 is 0 Å². The van der Waals surface area contributed by atoms with E-state index in [2.05, 4.69) is 10.0 Å². The highest BCUT2D eigenvalue weighted by molar-refractivity contribution is 7.92. The van der Waals surface area contributed by atoms with Crippen molar-refractivity contribution in [3.8, 4) is 0 Å². The Labute approximate surface area is 134 Å². The highest BCUT2D eigenvalue weighted by Gasteiger charge is 2.12. The maximum atomic E-state index is 12.9. The van der Waals surface area contributed by atoms with E-state index in [0.717, 1.165) is 11.8 Å². The number of hydrogen-bond acceptors (Lipinski definition) is 3. The fraction of sp³-hybridized carbons (Fsp3) is 0.188. The molecule has 0 aliphatic heterocycles. The summed E-state index contributed by atoms with van der Waals surface area (Å²) >= 11 is 0. The predicted octanol–water partition coefficient (Wildman–Crippen LogP) is 2.69. The molecular formula is C16H17FN2O3S. The average molecular weight is 336 g/mol. The van der Waals surface area contributed by atoms with Gasteiger partial charge in [0.05, 0.1) is 12.3 Å². The summed E-state index contributed by atoms with van der Waals surface area (Å²) in [5, 5.41) is 2.78. The number of carbonyl (C=O) groups is 1. The lowest BCUT2D eigenvalue weighted by molar-refractivity contribution is 0.0940. The summed E-state index contributed by atoms with van der Waals surface area (Å²) in [6.45, 7) is 1.78. The maximum absolute atomic E-state index is 12.9. The molecule has 0 saturated carbocycles. The van der Waals surface area contributed by atoms with E-state index in [9.17, 15) is 17.6 Å². The normalized spacial score (nSPS) is 12.5. The van der Waals surface area contributed by atoms with Gasteiger partial charge in [0.1, 0.15) is 5.82 Å². The zero-order valence-electron chi connectivity index (χ0n) is 12.7. The SMILES string of the molecule is C[C@H](NC(=O)c1ccc(F)cc1)c1cccc(NS(C)(=O)=O)c1. The fourth-order valence-corrected chi connectivity index (χ4v) is 2.61. The van der Waals surface area contributed by atoms with Crippen molar-refractivity contribution in [1.82, 2.24) is 5.32 Å². The van der Waals surface area contributed by atoms with Gasteiger partial charge in [-0.1, -0.05) is 12.1 Å². The molecule has 0 saturated heterocycles. The van der Waals surface area contributed by atoms with Gasteiger partial charge >= 0.3 is 0 Å². The van der Waals surface area contributed by atoms with Crippen LogP contribution in [0.5, 0.6) is 0 Å². The Balaban J connectivity index is 2.11. The van der Waals surface area contributed by atoms with Crippen LogP contribution in [-0.2, 0) is 10.0 Å². The lowest BCUT2D eigenvalue weighted by Gasteiger charge is -2.15. The number of nitrogens with one attached hydrogen (secondary N) is 2. The molecule has 0 spiro atoms. The van der Waals surface area contributed by atoms with E-state index < -0.39 is 15.8 Å². The minimum atomic E-state index is -3.36. The quantitative estimate of drug-likeness (QED) is 0.881. The van der Waals surface area contributed by atoms with E-state index in [4.69, 9.17) is 0 Å². The lowest BCUT2D eigenvalue weighted by atomic mass is 10.1. The Bertz CT molecular complexity index is 804. The van der Waals surface area contributed by atoms with Crippen molar-refractivity contribution >= 4 is 21.6 Å². The van der Waals surface area contributed by atoms with Gasteiger partial charge in [0.15, 0.2) is 0 Å². The summed E-state index contributed by atoms with van der Waals surface area (Å²) in [6, 6.07) is 11.7. The van der Waals surface area contributed by atoms with Gasteiger partial charge in [0.2, 0.25) is 10.0 Å². The van der Waals surface area contributed by atoms with Gasteiger partial charge in [-0.2, -0.15) is 0 Å². The smallest absolute Gasteiger partial charge is 0.251 e. The zero-order valence-corrected chi connectivity index (χ0v) is 13.5. The number of sulfonamides is 1. The van der Waals surface area contributed by atoms with Crippen LogP contribution in [0.4, 0.5) is 10.1 Å². The van der Waals surface area contributed by atoms with E-state index in [-0.39, 0.29) is 11.9 Å². The Morgan fingerprint density at radius 3 is 2.39 bits per heavy atom. The molecule has 122 valence electrons. The number of anilines is 1. The fourth-order valence-electron chi connectivity index (χ4n) is 2.05. The molecule has 2 aromatic rings. The molecule has 1 amide bonds. The topological polar surface area (TPSA) is 75.3 Å². The first-order valence-electron chi connectivity index (χ1n) is 6.89. The molecule has 0 radical (unpaired) electrons. The second-order valence-corrected chi connectivity index (χ2v) is 6.95. The standard InChI is InChI=1S/C16H17FN2O3S/c1-11(18-16(20)12-6-8-14(17)9-7-12)13-4-3-5-15(10-13)19-23(2,21)22/h3-11,19H,1-2H3,(H,18,20)/t11-/m0/s1. The molecule has 0 aromatic heterocycles. The van der Waals surface area contributed by atoms with Gasteiger partial charge in [-0.15, -0.1) is 0 Å². The van der Waals surface area contributed by atoms with E-state index in [1.54, 1.807) is 31.2 Å². The molecule has 0 heterocycles. The van der Waals surface area contributed by atoms with E-state index in [0.29, 0.717) is 11.3 Å². The van der Waals surface area contributed by atoms with Crippen LogP contribution in [-0.4, -0.2) is 20.6 Å². The van der Waals surface area contributed by atoms with Crippen molar-refractivity contribution in [1.29, 1.82) is 0 Å². The molecule has 23 heavy (non-hydrogen) atoms. The van der Waals surface area contributed by atoms with E-state index in [1.165, 1.54) is 24.3 Å². The highest BCUT2D eigenvalue weighted by atomic mass is 32.2. The molecular weight excluding hydrogens is 319 g/mol. The number of amides is 1. The second kappa shape index (κ2) is 6.78. The molecule has 7 heteroatoms. The molecule has 1 atom stereocenters.